The summed E-state index contributed by atoms with van der Waals surface area (Å²) in [6.45, 7) is 0. The zero-order valence-corrected chi connectivity index (χ0v) is 13.7. The van der Waals surface area contributed by atoms with E-state index in [1.807, 2.05) is 12.3 Å². The second kappa shape index (κ2) is 5.67. The van der Waals surface area contributed by atoms with E-state index >= 15 is 0 Å². The minimum absolute atomic E-state index is 0.792. The highest BCUT2D eigenvalue weighted by molar-refractivity contribution is 6.03. The summed E-state index contributed by atoms with van der Waals surface area (Å²) in [7, 11) is 0. The molecule has 2 heteroatoms. The Balaban J connectivity index is 1.56. The monoisotopic (exact) mass is 320 g/mol. The van der Waals surface area contributed by atoms with Crippen molar-refractivity contribution in [2.75, 3.05) is 0 Å². The number of benzene rings is 4. The first-order chi connectivity index (χ1) is 12.4. The van der Waals surface area contributed by atoms with E-state index < -0.39 is 0 Å². The van der Waals surface area contributed by atoms with Gasteiger partial charge in [0, 0.05) is 18.0 Å². The highest BCUT2D eigenvalue weighted by Gasteiger charge is 2.05. The van der Waals surface area contributed by atoms with Crippen molar-refractivity contribution in [1.82, 2.24) is 9.97 Å². The van der Waals surface area contributed by atoms with E-state index in [2.05, 4.69) is 72.8 Å². The Labute approximate surface area is 145 Å². The smallest absolute Gasteiger partial charge is 0.0965 e. The van der Waals surface area contributed by atoms with Crippen molar-refractivity contribution >= 4 is 32.6 Å². The maximum atomic E-state index is 4.84. The van der Waals surface area contributed by atoms with Gasteiger partial charge in [0.05, 0.1) is 16.7 Å². The molecule has 0 bridgehead atoms. The molecule has 0 fully saturated rings. The Kier molecular flexibility index (Phi) is 3.20. The van der Waals surface area contributed by atoms with E-state index in [-0.39, 0.29) is 0 Å². The maximum Gasteiger partial charge on any atom is 0.0965 e. The highest BCUT2D eigenvalue weighted by atomic mass is 14.8. The van der Waals surface area contributed by atoms with Gasteiger partial charge in [-0.3, -0.25) is 4.98 Å². The van der Waals surface area contributed by atoms with Crippen molar-refractivity contribution in [3.63, 3.8) is 0 Å². The molecule has 0 N–H and O–H groups in total. The summed E-state index contributed by atoms with van der Waals surface area (Å²) in [5.74, 6) is 0. The van der Waals surface area contributed by atoms with Crippen molar-refractivity contribution in [1.29, 1.82) is 0 Å². The van der Waals surface area contributed by atoms with Crippen LogP contribution in [0.15, 0.2) is 85.1 Å². The van der Waals surface area contributed by atoms with Crippen molar-refractivity contribution in [2.45, 2.75) is 6.42 Å². The molecule has 2 nitrogen and oxygen atoms in total. The number of hydrogen-bond acceptors (Lipinski definition) is 2. The van der Waals surface area contributed by atoms with Crippen molar-refractivity contribution < 1.29 is 0 Å². The Morgan fingerprint density at radius 3 is 2.36 bits per heavy atom. The average molecular weight is 320 g/mol. The SMILES string of the molecule is c1ccc2cc(Cc3cnc4c(ccc5ccccc54)n3)ccc2c1. The third-order valence-electron chi connectivity index (χ3n) is 4.69. The quantitative estimate of drug-likeness (QED) is 0.400. The van der Waals surface area contributed by atoms with Gasteiger partial charge in [-0.2, -0.15) is 0 Å². The van der Waals surface area contributed by atoms with Crippen molar-refractivity contribution in [3.8, 4) is 0 Å². The lowest BCUT2D eigenvalue weighted by Gasteiger charge is -2.06. The van der Waals surface area contributed by atoms with E-state index in [4.69, 9.17) is 9.97 Å². The second-order valence-corrected chi connectivity index (χ2v) is 6.37. The number of fused-ring (bicyclic) bond motifs is 4. The van der Waals surface area contributed by atoms with Gasteiger partial charge in [-0.1, -0.05) is 72.8 Å². The van der Waals surface area contributed by atoms with E-state index in [9.17, 15) is 0 Å². The molecule has 0 amide bonds. The minimum Gasteiger partial charge on any atom is -0.252 e. The molecule has 118 valence electrons. The molecule has 0 radical (unpaired) electrons. The molecular weight excluding hydrogens is 304 g/mol. The summed E-state index contributed by atoms with van der Waals surface area (Å²) < 4.78 is 0. The van der Waals surface area contributed by atoms with Crippen LogP contribution in [0.3, 0.4) is 0 Å². The van der Waals surface area contributed by atoms with Crippen LogP contribution in [0.2, 0.25) is 0 Å². The average Bonchev–Trinajstić information content (AvgIpc) is 2.67. The van der Waals surface area contributed by atoms with Crippen LogP contribution in [-0.4, -0.2) is 9.97 Å². The number of hydrogen-bond donors (Lipinski definition) is 0. The fraction of sp³-hybridized carbons (Fsp3) is 0.0435. The third kappa shape index (κ3) is 2.52. The lowest BCUT2D eigenvalue weighted by atomic mass is 10.0. The molecular formula is C23H16N2. The first kappa shape index (κ1) is 14.1. The molecule has 4 aromatic carbocycles. The molecule has 0 saturated heterocycles. The number of aromatic nitrogens is 2. The minimum atomic E-state index is 0.792. The predicted octanol–water partition coefficient (Wildman–Crippen LogP) is 5.53. The first-order valence-electron chi connectivity index (χ1n) is 8.48. The van der Waals surface area contributed by atoms with Crippen LogP contribution in [-0.2, 0) is 6.42 Å². The van der Waals surface area contributed by atoms with Crippen LogP contribution in [0.1, 0.15) is 11.3 Å². The standard InChI is InChI=1S/C23H16N2/c1-2-7-19-13-16(9-10-17(19)5-1)14-20-15-24-23-21-8-4-3-6-18(21)11-12-22(23)25-20/h1-13,15H,14H2. The third-order valence-corrected chi connectivity index (χ3v) is 4.69. The fourth-order valence-corrected chi connectivity index (χ4v) is 3.44. The van der Waals surface area contributed by atoms with E-state index in [0.29, 0.717) is 0 Å². The Bertz CT molecular complexity index is 1220. The summed E-state index contributed by atoms with van der Waals surface area (Å²) in [6, 6.07) is 27.5. The van der Waals surface area contributed by atoms with Crippen LogP contribution in [0.25, 0.3) is 32.6 Å². The zero-order chi connectivity index (χ0) is 16.6. The van der Waals surface area contributed by atoms with E-state index in [0.717, 1.165) is 28.5 Å². The molecule has 5 rings (SSSR count). The van der Waals surface area contributed by atoms with Crippen LogP contribution >= 0.6 is 0 Å². The Hall–Kier alpha value is -3.26. The van der Waals surface area contributed by atoms with Gasteiger partial charge in [-0.15, -0.1) is 0 Å². The molecule has 1 aromatic heterocycles. The van der Waals surface area contributed by atoms with Gasteiger partial charge in [0.25, 0.3) is 0 Å². The van der Waals surface area contributed by atoms with Gasteiger partial charge in [-0.25, -0.2) is 4.98 Å². The van der Waals surface area contributed by atoms with Gasteiger partial charge < -0.3 is 0 Å². The number of nitrogens with zero attached hydrogens (tertiary/aromatic N) is 2. The molecule has 1 heterocycles. The molecule has 0 atom stereocenters. The fourth-order valence-electron chi connectivity index (χ4n) is 3.44. The summed E-state index contributed by atoms with van der Waals surface area (Å²) in [4.78, 5) is 9.54. The first-order valence-corrected chi connectivity index (χ1v) is 8.48. The molecule has 0 saturated carbocycles. The summed E-state index contributed by atoms with van der Waals surface area (Å²) in [6.07, 6.45) is 2.70. The van der Waals surface area contributed by atoms with Crippen molar-refractivity contribution in [3.05, 3.63) is 96.3 Å². The van der Waals surface area contributed by atoms with Crippen LogP contribution in [0.5, 0.6) is 0 Å². The summed E-state index contributed by atoms with van der Waals surface area (Å²) in [5, 5.41) is 4.89. The molecule has 5 aromatic rings. The largest absolute Gasteiger partial charge is 0.252 e. The molecule has 25 heavy (non-hydrogen) atoms. The lowest BCUT2D eigenvalue weighted by molar-refractivity contribution is 1.07. The maximum absolute atomic E-state index is 4.84. The second-order valence-electron chi connectivity index (χ2n) is 6.37. The topological polar surface area (TPSA) is 25.8 Å². The molecule has 0 unspecified atom stereocenters. The van der Waals surface area contributed by atoms with Crippen LogP contribution in [0.4, 0.5) is 0 Å². The zero-order valence-electron chi connectivity index (χ0n) is 13.7. The van der Waals surface area contributed by atoms with Gasteiger partial charge in [0.1, 0.15) is 0 Å². The Morgan fingerprint density at radius 1 is 0.680 bits per heavy atom. The molecule has 0 aliphatic heterocycles. The lowest BCUT2D eigenvalue weighted by Crippen LogP contribution is -1.95. The van der Waals surface area contributed by atoms with E-state index in [1.54, 1.807) is 0 Å². The predicted molar refractivity (Wildman–Crippen MR) is 104 cm³/mol. The van der Waals surface area contributed by atoms with Crippen LogP contribution < -0.4 is 0 Å². The number of rotatable bonds is 2. The van der Waals surface area contributed by atoms with Gasteiger partial charge >= 0.3 is 0 Å². The van der Waals surface area contributed by atoms with E-state index in [1.165, 1.54) is 21.7 Å². The summed E-state index contributed by atoms with van der Waals surface area (Å²) in [5.41, 5.74) is 4.18. The van der Waals surface area contributed by atoms with Gasteiger partial charge in [0.2, 0.25) is 0 Å². The van der Waals surface area contributed by atoms with Crippen molar-refractivity contribution in [2.24, 2.45) is 0 Å². The molecule has 0 spiro atoms. The highest BCUT2D eigenvalue weighted by Crippen LogP contribution is 2.23. The Morgan fingerprint density at radius 2 is 1.44 bits per heavy atom. The van der Waals surface area contributed by atoms with Crippen LogP contribution in [0, 0.1) is 0 Å². The van der Waals surface area contributed by atoms with Gasteiger partial charge in [0.15, 0.2) is 0 Å². The molecule has 0 aliphatic rings. The van der Waals surface area contributed by atoms with Gasteiger partial charge in [-0.05, 0) is 27.8 Å². The molecule has 0 aliphatic carbocycles. The summed E-state index contributed by atoms with van der Waals surface area (Å²) >= 11 is 0. The normalized spacial score (nSPS) is 11.4.